The van der Waals surface area contributed by atoms with Crippen LogP contribution >= 0.6 is 23.2 Å². The molecular formula is C39H43Cl2N3O5S. The number of hydrogen-bond acceptors (Lipinski definition) is 5. The van der Waals surface area contributed by atoms with Gasteiger partial charge >= 0.3 is 0 Å². The summed E-state index contributed by atoms with van der Waals surface area (Å²) in [6, 6.07) is 26.7. The summed E-state index contributed by atoms with van der Waals surface area (Å²) in [5.41, 5.74) is 2.76. The highest BCUT2D eigenvalue weighted by Crippen LogP contribution is 2.28. The topological polar surface area (TPSA) is 96.0 Å². The first-order chi connectivity index (χ1) is 24.0. The summed E-state index contributed by atoms with van der Waals surface area (Å²) >= 11 is 12.6. The van der Waals surface area contributed by atoms with Crippen LogP contribution in [0.25, 0.3) is 0 Å². The van der Waals surface area contributed by atoms with Crippen molar-refractivity contribution in [1.82, 2.24) is 10.2 Å². The molecule has 0 spiro atoms. The molecule has 1 saturated carbocycles. The summed E-state index contributed by atoms with van der Waals surface area (Å²) in [5.74, 6) is -0.304. The maximum absolute atomic E-state index is 14.8. The normalized spacial score (nSPS) is 14.1. The second-order valence-corrected chi connectivity index (χ2v) is 15.2. The fraction of sp³-hybridized carbons (Fsp3) is 0.333. The highest BCUT2D eigenvalue weighted by Gasteiger charge is 2.35. The van der Waals surface area contributed by atoms with E-state index in [-0.39, 0.29) is 29.8 Å². The van der Waals surface area contributed by atoms with Gasteiger partial charge in [-0.15, -0.1) is 0 Å². The highest BCUT2D eigenvalue weighted by molar-refractivity contribution is 7.92. The Hall–Kier alpha value is -4.05. The van der Waals surface area contributed by atoms with Crippen molar-refractivity contribution in [3.63, 3.8) is 0 Å². The fourth-order valence-electron chi connectivity index (χ4n) is 6.17. The van der Waals surface area contributed by atoms with Crippen molar-refractivity contribution in [3.8, 4) is 5.75 Å². The molecule has 264 valence electrons. The first kappa shape index (κ1) is 37.2. The third kappa shape index (κ3) is 9.59. The minimum Gasteiger partial charge on any atom is -0.494 e. The highest BCUT2D eigenvalue weighted by atomic mass is 35.5. The summed E-state index contributed by atoms with van der Waals surface area (Å²) in [6.07, 6.45) is 5.13. The number of nitrogens with one attached hydrogen (secondary N) is 1. The van der Waals surface area contributed by atoms with E-state index in [0.717, 1.165) is 47.5 Å². The van der Waals surface area contributed by atoms with Gasteiger partial charge in [0, 0.05) is 19.0 Å². The summed E-state index contributed by atoms with van der Waals surface area (Å²) < 4.78 is 35.3. The van der Waals surface area contributed by atoms with Crippen molar-refractivity contribution >= 4 is 50.7 Å². The van der Waals surface area contributed by atoms with Crippen LogP contribution in [0.3, 0.4) is 0 Å². The lowest BCUT2D eigenvalue weighted by Crippen LogP contribution is -2.55. The van der Waals surface area contributed by atoms with Crippen LogP contribution < -0.4 is 14.4 Å². The number of carbonyl (C=O) groups excluding carboxylic acids is 2. The zero-order valence-corrected chi connectivity index (χ0v) is 30.7. The SMILES string of the molecule is CCOc1ccc(S(=O)(=O)N(CC(=O)N(Cc2ccc(Cl)c(Cl)c2)[C@H](Cc2ccccc2)C(=O)NC2CCCCC2)c2ccc(C)cc2)cc1. The van der Waals surface area contributed by atoms with Gasteiger partial charge in [-0.25, -0.2) is 8.42 Å². The Labute approximate surface area is 305 Å². The zero-order valence-electron chi connectivity index (χ0n) is 28.4. The minimum absolute atomic E-state index is 0.000505. The average molecular weight is 737 g/mol. The Morgan fingerprint density at radius 2 is 1.54 bits per heavy atom. The lowest BCUT2D eigenvalue weighted by Gasteiger charge is -2.35. The number of sulfonamides is 1. The van der Waals surface area contributed by atoms with Crippen molar-refractivity contribution in [3.05, 3.63) is 124 Å². The first-order valence-corrected chi connectivity index (χ1v) is 19.1. The maximum atomic E-state index is 14.8. The van der Waals surface area contributed by atoms with Gasteiger partial charge < -0.3 is 15.0 Å². The predicted molar refractivity (Wildman–Crippen MR) is 199 cm³/mol. The Morgan fingerprint density at radius 1 is 0.860 bits per heavy atom. The molecule has 0 unspecified atom stereocenters. The molecule has 1 aliphatic rings. The van der Waals surface area contributed by atoms with Crippen molar-refractivity contribution < 1.29 is 22.7 Å². The molecular weight excluding hydrogens is 693 g/mol. The van der Waals surface area contributed by atoms with Gasteiger partial charge in [-0.05, 0) is 86.3 Å². The number of nitrogens with zero attached hydrogens (tertiary/aromatic N) is 2. The number of hydrogen-bond donors (Lipinski definition) is 1. The van der Waals surface area contributed by atoms with Crippen LogP contribution in [0, 0.1) is 6.92 Å². The molecule has 0 bridgehead atoms. The number of halogens is 2. The monoisotopic (exact) mass is 735 g/mol. The molecule has 0 aromatic heterocycles. The lowest BCUT2D eigenvalue weighted by atomic mass is 9.94. The molecule has 1 aliphatic carbocycles. The van der Waals surface area contributed by atoms with Crippen LogP contribution in [0.15, 0.2) is 102 Å². The Morgan fingerprint density at radius 3 is 2.18 bits per heavy atom. The van der Waals surface area contributed by atoms with Gasteiger partial charge in [0.1, 0.15) is 18.3 Å². The van der Waals surface area contributed by atoms with Crippen LogP contribution in [0.5, 0.6) is 5.75 Å². The molecule has 11 heteroatoms. The molecule has 4 aromatic carbocycles. The molecule has 1 fully saturated rings. The summed E-state index contributed by atoms with van der Waals surface area (Å²) in [7, 11) is -4.25. The van der Waals surface area contributed by atoms with Gasteiger partial charge in [0.25, 0.3) is 10.0 Å². The Kier molecular flexibility index (Phi) is 12.8. The van der Waals surface area contributed by atoms with E-state index < -0.39 is 28.5 Å². The van der Waals surface area contributed by atoms with Crippen molar-refractivity contribution in [1.29, 1.82) is 0 Å². The van der Waals surface area contributed by atoms with E-state index >= 15 is 0 Å². The quantitative estimate of drug-likeness (QED) is 0.142. The number of rotatable bonds is 14. The van der Waals surface area contributed by atoms with E-state index in [2.05, 4.69) is 5.32 Å². The van der Waals surface area contributed by atoms with Crippen LogP contribution in [0.4, 0.5) is 5.69 Å². The maximum Gasteiger partial charge on any atom is 0.264 e. The average Bonchev–Trinajstić information content (AvgIpc) is 3.12. The van der Waals surface area contributed by atoms with E-state index in [1.807, 2.05) is 44.2 Å². The molecule has 2 amide bonds. The molecule has 50 heavy (non-hydrogen) atoms. The summed E-state index contributed by atoms with van der Waals surface area (Å²) in [6.45, 7) is 3.62. The number of amides is 2. The second-order valence-electron chi connectivity index (χ2n) is 12.6. The largest absolute Gasteiger partial charge is 0.494 e. The van der Waals surface area contributed by atoms with E-state index in [4.69, 9.17) is 27.9 Å². The number of aryl methyl sites for hydroxylation is 1. The van der Waals surface area contributed by atoms with Crippen LogP contribution in [0.2, 0.25) is 10.0 Å². The van der Waals surface area contributed by atoms with E-state index in [0.29, 0.717) is 33.7 Å². The van der Waals surface area contributed by atoms with E-state index in [1.54, 1.807) is 54.6 Å². The van der Waals surface area contributed by atoms with Crippen LogP contribution in [0.1, 0.15) is 55.7 Å². The van der Waals surface area contributed by atoms with Gasteiger partial charge in [0.2, 0.25) is 11.8 Å². The summed E-state index contributed by atoms with van der Waals surface area (Å²) in [4.78, 5) is 30.5. The molecule has 4 aromatic rings. The molecule has 0 heterocycles. The standard InChI is InChI=1S/C39H43Cl2N3O5S/c1-3-49-33-19-21-34(22-20-33)50(47,48)44(32-17-14-28(2)15-18-32)27-38(45)43(26-30-16-23-35(40)36(41)24-30)37(25-29-10-6-4-7-11-29)39(46)42-31-12-8-5-9-13-31/h4,6-7,10-11,14-24,31,37H,3,5,8-9,12-13,25-27H2,1-2H3,(H,42,46)/t37-/m1/s1. The molecule has 5 rings (SSSR count). The molecule has 8 nitrogen and oxygen atoms in total. The fourth-order valence-corrected chi connectivity index (χ4v) is 7.91. The van der Waals surface area contributed by atoms with Crippen molar-refractivity contribution in [2.75, 3.05) is 17.5 Å². The third-order valence-electron chi connectivity index (χ3n) is 8.88. The van der Waals surface area contributed by atoms with Gasteiger partial charge in [-0.2, -0.15) is 0 Å². The molecule has 1 N–H and O–H groups in total. The predicted octanol–water partition coefficient (Wildman–Crippen LogP) is 7.98. The van der Waals surface area contributed by atoms with Gasteiger partial charge in [-0.3, -0.25) is 13.9 Å². The van der Waals surface area contributed by atoms with Crippen LogP contribution in [-0.2, 0) is 32.6 Å². The van der Waals surface area contributed by atoms with Gasteiger partial charge in [-0.1, -0.05) is 96.6 Å². The molecule has 0 aliphatic heterocycles. The zero-order chi connectivity index (χ0) is 35.7. The minimum atomic E-state index is -4.25. The van der Waals surface area contributed by atoms with E-state index in [1.165, 1.54) is 17.0 Å². The smallest absolute Gasteiger partial charge is 0.264 e. The number of anilines is 1. The molecule has 0 saturated heterocycles. The van der Waals surface area contributed by atoms with Gasteiger partial charge in [0.15, 0.2) is 0 Å². The van der Waals surface area contributed by atoms with Gasteiger partial charge in [0.05, 0.1) is 27.2 Å². The lowest BCUT2D eigenvalue weighted by molar-refractivity contribution is -0.140. The second kappa shape index (κ2) is 17.2. The first-order valence-electron chi connectivity index (χ1n) is 16.9. The summed E-state index contributed by atoms with van der Waals surface area (Å²) in [5, 5.41) is 3.89. The Balaban J connectivity index is 1.56. The van der Waals surface area contributed by atoms with Crippen LogP contribution in [-0.4, -0.2) is 50.4 Å². The van der Waals surface area contributed by atoms with Crippen molar-refractivity contribution in [2.45, 2.75) is 75.9 Å². The van der Waals surface area contributed by atoms with Crippen molar-refractivity contribution in [2.24, 2.45) is 0 Å². The number of carbonyl (C=O) groups is 2. The Bertz CT molecular complexity index is 1850. The third-order valence-corrected chi connectivity index (χ3v) is 11.4. The molecule has 0 radical (unpaired) electrons. The van der Waals surface area contributed by atoms with E-state index in [9.17, 15) is 18.0 Å². The number of ether oxygens (including phenoxy) is 1. The molecule has 1 atom stereocenters. The number of benzene rings is 4.